The molecule has 0 fully saturated rings. The van der Waals surface area contributed by atoms with Crippen molar-refractivity contribution in [3.63, 3.8) is 0 Å². The summed E-state index contributed by atoms with van der Waals surface area (Å²) < 4.78 is 6.31. The Morgan fingerprint density at radius 2 is 0.887 bits per heavy atom. The van der Waals surface area contributed by atoms with Crippen molar-refractivity contribution in [3.05, 3.63) is 194 Å². The Balaban J connectivity index is 1.16. The van der Waals surface area contributed by atoms with E-state index in [1.807, 2.05) is 30.3 Å². The highest BCUT2D eigenvalue weighted by Gasteiger charge is 2.17. The first-order chi connectivity index (χ1) is 26.2. The molecule has 0 aliphatic carbocycles. The predicted octanol–water partition coefficient (Wildman–Crippen LogP) is 13.5. The Labute approximate surface area is 307 Å². The number of aromatic nitrogens is 2. The maximum Gasteiger partial charge on any atom is 0.160 e. The lowest BCUT2D eigenvalue weighted by molar-refractivity contribution is 0.669. The van der Waals surface area contributed by atoms with Gasteiger partial charge in [-0.3, -0.25) is 0 Å². The zero-order valence-electron chi connectivity index (χ0n) is 28.8. The Kier molecular flexibility index (Phi) is 7.47. The molecule has 0 aliphatic heterocycles. The molecule has 10 rings (SSSR count). The molecule has 3 heteroatoms. The molecular weight excluding hydrogens is 645 g/mol. The fourth-order valence-corrected chi connectivity index (χ4v) is 7.50. The van der Waals surface area contributed by atoms with Gasteiger partial charge in [0.1, 0.15) is 11.2 Å². The summed E-state index contributed by atoms with van der Waals surface area (Å²) in [6, 6.07) is 68.1. The minimum Gasteiger partial charge on any atom is -0.456 e. The maximum absolute atomic E-state index is 6.31. The van der Waals surface area contributed by atoms with Gasteiger partial charge in [0.05, 0.1) is 11.4 Å². The van der Waals surface area contributed by atoms with Crippen LogP contribution >= 0.6 is 0 Å². The molecule has 0 atom stereocenters. The van der Waals surface area contributed by atoms with Crippen LogP contribution in [-0.2, 0) is 0 Å². The summed E-state index contributed by atoms with van der Waals surface area (Å²) in [6.45, 7) is 0. The highest BCUT2D eigenvalue weighted by molar-refractivity contribution is 6.12. The molecule has 2 heterocycles. The van der Waals surface area contributed by atoms with Crippen LogP contribution < -0.4 is 0 Å². The molecule has 0 bridgehead atoms. The number of para-hydroxylation sites is 1. The molecule has 53 heavy (non-hydrogen) atoms. The SMILES string of the molecule is c1ccc(-c2cc(-c3cc(-c4ccc(-c5cccc6ccccc56)cc4)nc(-c4ccccc4)n3)cc(-c3cccc4oc5ccccc5c34)c2)cc1. The van der Waals surface area contributed by atoms with Gasteiger partial charge in [0.25, 0.3) is 0 Å². The quantitative estimate of drug-likeness (QED) is 0.176. The summed E-state index contributed by atoms with van der Waals surface area (Å²) in [5, 5.41) is 4.69. The second kappa shape index (κ2) is 12.9. The second-order valence-electron chi connectivity index (χ2n) is 13.4. The van der Waals surface area contributed by atoms with E-state index < -0.39 is 0 Å². The van der Waals surface area contributed by atoms with Gasteiger partial charge in [-0.1, -0.05) is 158 Å². The van der Waals surface area contributed by atoms with Gasteiger partial charge < -0.3 is 4.42 Å². The molecule has 0 unspecified atom stereocenters. The molecule has 0 N–H and O–H groups in total. The molecule has 2 aromatic heterocycles. The van der Waals surface area contributed by atoms with Crippen LogP contribution in [-0.4, -0.2) is 9.97 Å². The first-order valence-electron chi connectivity index (χ1n) is 17.9. The summed E-state index contributed by atoms with van der Waals surface area (Å²) in [7, 11) is 0. The predicted molar refractivity (Wildman–Crippen MR) is 219 cm³/mol. The van der Waals surface area contributed by atoms with Gasteiger partial charge in [-0.2, -0.15) is 0 Å². The van der Waals surface area contributed by atoms with Gasteiger partial charge in [0, 0.05) is 27.5 Å². The van der Waals surface area contributed by atoms with Crippen LogP contribution in [0.3, 0.4) is 0 Å². The third-order valence-corrected chi connectivity index (χ3v) is 10.1. The zero-order chi connectivity index (χ0) is 35.1. The fourth-order valence-electron chi connectivity index (χ4n) is 7.50. The Morgan fingerprint density at radius 1 is 0.321 bits per heavy atom. The average Bonchev–Trinajstić information content (AvgIpc) is 3.63. The van der Waals surface area contributed by atoms with Gasteiger partial charge in [-0.15, -0.1) is 0 Å². The second-order valence-corrected chi connectivity index (χ2v) is 13.4. The van der Waals surface area contributed by atoms with E-state index in [-0.39, 0.29) is 0 Å². The topological polar surface area (TPSA) is 38.9 Å². The van der Waals surface area contributed by atoms with Crippen molar-refractivity contribution in [1.29, 1.82) is 0 Å². The van der Waals surface area contributed by atoms with Crippen LogP contribution in [0.2, 0.25) is 0 Å². The van der Waals surface area contributed by atoms with E-state index in [0.717, 1.165) is 72.3 Å². The lowest BCUT2D eigenvalue weighted by atomic mass is 9.92. The van der Waals surface area contributed by atoms with E-state index in [0.29, 0.717) is 5.82 Å². The number of benzene rings is 8. The summed E-state index contributed by atoms with van der Waals surface area (Å²) >= 11 is 0. The van der Waals surface area contributed by atoms with Crippen LogP contribution in [0, 0.1) is 0 Å². The minimum atomic E-state index is 0.686. The summed E-state index contributed by atoms with van der Waals surface area (Å²) in [5.74, 6) is 0.686. The lowest BCUT2D eigenvalue weighted by Gasteiger charge is -2.14. The lowest BCUT2D eigenvalue weighted by Crippen LogP contribution is -1.96. The van der Waals surface area contributed by atoms with Crippen molar-refractivity contribution in [1.82, 2.24) is 9.97 Å². The van der Waals surface area contributed by atoms with Gasteiger partial charge in [0.15, 0.2) is 5.82 Å². The van der Waals surface area contributed by atoms with Crippen molar-refractivity contribution >= 4 is 32.7 Å². The van der Waals surface area contributed by atoms with Gasteiger partial charge in [0.2, 0.25) is 0 Å². The zero-order valence-corrected chi connectivity index (χ0v) is 28.8. The number of furan rings is 1. The number of fused-ring (bicyclic) bond motifs is 4. The largest absolute Gasteiger partial charge is 0.456 e. The molecule has 248 valence electrons. The molecule has 0 spiro atoms. The summed E-state index contributed by atoms with van der Waals surface area (Å²) in [6.07, 6.45) is 0. The van der Waals surface area contributed by atoms with Crippen LogP contribution in [0.5, 0.6) is 0 Å². The Hall–Kier alpha value is -7.10. The first-order valence-corrected chi connectivity index (χ1v) is 17.9. The molecule has 0 radical (unpaired) electrons. The van der Waals surface area contributed by atoms with Crippen LogP contribution in [0.25, 0.3) is 100.0 Å². The average molecular weight is 677 g/mol. The molecule has 8 aromatic carbocycles. The molecule has 10 aromatic rings. The van der Waals surface area contributed by atoms with Crippen LogP contribution in [0.15, 0.2) is 199 Å². The van der Waals surface area contributed by atoms with E-state index in [1.54, 1.807) is 0 Å². The van der Waals surface area contributed by atoms with Crippen molar-refractivity contribution in [3.8, 4) is 67.3 Å². The number of nitrogens with zero attached hydrogens (tertiary/aromatic N) is 2. The normalized spacial score (nSPS) is 11.4. The van der Waals surface area contributed by atoms with Crippen molar-refractivity contribution < 1.29 is 4.42 Å². The van der Waals surface area contributed by atoms with Crippen LogP contribution in [0.1, 0.15) is 0 Å². The molecule has 3 nitrogen and oxygen atoms in total. The first kappa shape index (κ1) is 30.7. The third kappa shape index (κ3) is 5.65. The van der Waals surface area contributed by atoms with Crippen LogP contribution in [0.4, 0.5) is 0 Å². The van der Waals surface area contributed by atoms with E-state index >= 15 is 0 Å². The summed E-state index contributed by atoms with van der Waals surface area (Å²) in [4.78, 5) is 10.4. The number of hydrogen-bond donors (Lipinski definition) is 0. The molecule has 0 aliphatic rings. The Morgan fingerprint density at radius 3 is 1.70 bits per heavy atom. The van der Waals surface area contributed by atoms with E-state index in [2.05, 4.69) is 164 Å². The van der Waals surface area contributed by atoms with E-state index in [1.165, 1.54) is 21.9 Å². The minimum absolute atomic E-state index is 0.686. The highest BCUT2D eigenvalue weighted by Crippen LogP contribution is 2.40. The molecule has 0 amide bonds. The van der Waals surface area contributed by atoms with Gasteiger partial charge in [-0.05, 0) is 80.6 Å². The fraction of sp³-hybridized carbons (Fsp3) is 0. The monoisotopic (exact) mass is 676 g/mol. The maximum atomic E-state index is 6.31. The van der Waals surface area contributed by atoms with Gasteiger partial charge >= 0.3 is 0 Å². The number of rotatable bonds is 6. The standard InChI is InChI=1S/C50H32N2O/c1-3-13-33(14-4-1)38-29-39(43-22-12-24-48-49(43)44-20-9-10-23-47(44)53-48)31-40(30-38)46-32-45(51-50(52-46)37-16-5-2-6-17-37)36-27-25-35(26-28-36)42-21-11-18-34-15-7-8-19-41(34)42/h1-32H. The van der Waals surface area contributed by atoms with Gasteiger partial charge in [-0.25, -0.2) is 9.97 Å². The number of hydrogen-bond acceptors (Lipinski definition) is 3. The third-order valence-electron chi connectivity index (χ3n) is 10.1. The van der Waals surface area contributed by atoms with E-state index in [4.69, 9.17) is 14.4 Å². The smallest absolute Gasteiger partial charge is 0.160 e. The molecular formula is C50H32N2O. The van der Waals surface area contributed by atoms with E-state index in [9.17, 15) is 0 Å². The molecule has 0 saturated carbocycles. The highest BCUT2D eigenvalue weighted by atomic mass is 16.3. The molecule has 0 saturated heterocycles. The summed E-state index contributed by atoms with van der Waals surface area (Å²) in [5.41, 5.74) is 13.4. The Bertz CT molecular complexity index is 2920. The van der Waals surface area contributed by atoms with Crippen molar-refractivity contribution in [2.45, 2.75) is 0 Å². The van der Waals surface area contributed by atoms with Crippen molar-refractivity contribution in [2.24, 2.45) is 0 Å². The van der Waals surface area contributed by atoms with Crippen molar-refractivity contribution in [2.75, 3.05) is 0 Å².